The number of amides is 1. The van der Waals surface area contributed by atoms with Gasteiger partial charge in [0.15, 0.2) is 0 Å². The second kappa shape index (κ2) is 7.92. The average Bonchev–Trinajstić information content (AvgIpc) is 3.22. The standard InChI is InChI=1S/C18H21FN4O2/c1-23-12-14(10-21-23)4-7-18(24)20-11-17-9-16(22-25-17)8-13-2-5-15(19)6-3-13/h2-3,5-6,10,12,17H,4,7-9,11H2,1H3,(H,20,24)/t17-/m0/s1. The van der Waals surface area contributed by atoms with E-state index in [0.717, 1.165) is 16.8 Å². The van der Waals surface area contributed by atoms with Gasteiger partial charge in [-0.05, 0) is 29.7 Å². The smallest absolute Gasteiger partial charge is 0.220 e. The number of halogens is 1. The van der Waals surface area contributed by atoms with Crippen LogP contribution in [0.5, 0.6) is 0 Å². The molecule has 1 aromatic carbocycles. The van der Waals surface area contributed by atoms with E-state index < -0.39 is 0 Å². The fourth-order valence-corrected chi connectivity index (χ4v) is 2.71. The van der Waals surface area contributed by atoms with Crippen LogP contribution in [-0.2, 0) is 29.5 Å². The summed E-state index contributed by atoms with van der Waals surface area (Å²) in [6, 6.07) is 6.36. The van der Waals surface area contributed by atoms with Crippen molar-refractivity contribution >= 4 is 11.6 Å². The van der Waals surface area contributed by atoms with Crippen LogP contribution >= 0.6 is 0 Å². The summed E-state index contributed by atoms with van der Waals surface area (Å²) in [7, 11) is 1.85. The first-order chi connectivity index (χ1) is 12.1. The zero-order valence-electron chi connectivity index (χ0n) is 14.1. The Labute approximate surface area is 145 Å². The Hall–Kier alpha value is -2.70. The Morgan fingerprint density at radius 2 is 2.16 bits per heavy atom. The minimum atomic E-state index is -0.250. The van der Waals surface area contributed by atoms with E-state index in [1.165, 1.54) is 12.1 Å². The van der Waals surface area contributed by atoms with Crippen LogP contribution in [0.15, 0.2) is 41.8 Å². The lowest BCUT2D eigenvalue weighted by atomic mass is 10.0. The minimum absolute atomic E-state index is 0.0144. The molecule has 0 saturated heterocycles. The van der Waals surface area contributed by atoms with Crippen molar-refractivity contribution in [3.63, 3.8) is 0 Å². The van der Waals surface area contributed by atoms with Crippen LogP contribution in [0.4, 0.5) is 4.39 Å². The van der Waals surface area contributed by atoms with Crippen molar-refractivity contribution in [1.82, 2.24) is 15.1 Å². The molecule has 1 aliphatic heterocycles. The molecule has 1 aliphatic rings. The number of aryl methyl sites for hydroxylation is 2. The van der Waals surface area contributed by atoms with E-state index in [-0.39, 0.29) is 17.8 Å². The van der Waals surface area contributed by atoms with Gasteiger partial charge in [0.25, 0.3) is 0 Å². The van der Waals surface area contributed by atoms with Gasteiger partial charge in [-0.2, -0.15) is 5.10 Å². The molecule has 0 bridgehead atoms. The van der Waals surface area contributed by atoms with E-state index in [1.807, 2.05) is 13.2 Å². The summed E-state index contributed by atoms with van der Waals surface area (Å²) in [5.74, 6) is -0.264. The second-order valence-corrected chi connectivity index (χ2v) is 6.22. The molecule has 1 N–H and O–H groups in total. The van der Waals surface area contributed by atoms with Gasteiger partial charge in [-0.15, -0.1) is 0 Å². The number of aromatic nitrogens is 2. The van der Waals surface area contributed by atoms with Gasteiger partial charge in [0.1, 0.15) is 11.9 Å². The lowest BCUT2D eigenvalue weighted by Gasteiger charge is -2.09. The maximum atomic E-state index is 12.9. The summed E-state index contributed by atoms with van der Waals surface area (Å²) in [5, 5.41) is 11.0. The van der Waals surface area contributed by atoms with Crippen molar-refractivity contribution in [2.24, 2.45) is 12.2 Å². The summed E-state index contributed by atoms with van der Waals surface area (Å²) < 4.78 is 14.6. The SMILES string of the molecule is Cn1cc(CCC(=O)NC[C@@H]2CC(Cc3ccc(F)cc3)=NO2)cn1. The number of hydrogen-bond acceptors (Lipinski definition) is 4. The molecule has 0 saturated carbocycles. The van der Waals surface area contributed by atoms with Crippen molar-refractivity contribution in [2.45, 2.75) is 31.8 Å². The molecule has 0 spiro atoms. The Morgan fingerprint density at radius 3 is 2.88 bits per heavy atom. The molecule has 3 rings (SSSR count). The summed E-state index contributed by atoms with van der Waals surface area (Å²) in [6.45, 7) is 0.433. The molecule has 1 atom stereocenters. The molecule has 1 aromatic heterocycles. The molecule has 25 heavy (non-hydrogen) atoms. The number of carbonyl (C=O) groups is 1. The third-order valence-electron chi connectivity index (χ3n) is 4.04. The fraction of sp³-hybridized carbons (Fsp3) is 0.389. The number of nitrogens with zero attached hydrogens (tertiary/aromatic N) is 3. The Kier molecular flexibility index (Phi) is 5.42. The highest BCUT2D eigenvalue weighted by Crippen LogP contribution is 2.14. The highest BCUT2D eigenvalue weighted by atomic mass is 19.1. The van der Waals surface area contributed by atoms with Crippen molar-refractivity contribution in [1.29, 1.82) is 0 Å². The van der Waals surface area contributed by atoms with E-state index in [4.69, 9.17) is 4.84 Å². The molecule has 0 unspecified atom stereocenters. The third kappa shape index (κ3) is 5.14. The van der Waals surface area contributed by atoms with Gasteiger partial charge in [0.2, 0.25) is 5.91 Å². The maximum absolute atomic E-state index is 12.9. The number of rotatable bonds is 7. The van der Waals surface area contributed by atoms with Crippen LogP contribution in [0.3, 0.4) is 0 Å². The second-order valence-electron chi connectivity index (χ2n) is 6.22. The number of carbonyl (C=O) groups excluding carboxylic acids is 1. The van der Waals surface area contributed by atoms with Gasteiger partial charge in [-0.1, -0.05) is 17.3 Å². The molecule has 1 amide bonds. The summed E-state index contributed by atoms with van der Waals surface area (Å²) >= 11 is 0. The van der Waals surface area contributed by atoms with Gasteiger partial charge in [0.05, 0.1) is 18.5 Å². The number of hydrogen-bond donors (Lipinski definition) is 1. The van der Waals surface area contributed by atoms with Gasteiger partial charge in [-0.3, -0.25) is 9.48 Å². The lowest BCUT2D eigenvalue weighted by molar-refractivity contribution is -0.121. The quantitative estimate of drug-likeness (QED) is 0.835. The maximum Gasteiger partial charge on any atom is 0.220 e. The molecule has 2 heterocycles. The zero-order chi connectivity index (χ0) is 17.6. The third-order valence-corrected chi connectivity index (χ3v) is 4.04. The molecule has 132 valence electrons. The monoisotopic (exact) mass is 344 g/mol. The number of nitrogens with one attached hydrogen (secondary N) is 1. The van der Waals surface area contributed by atoms with Crippen LogP contribution in [0.25, 0.3) is 0 Å². The van der Waals surface area contributed by atoms with Crippen LogP contribution in [0.2, 0.25) is 0 Å². The van der Waals surface area contributed by atoms with Crippen molar-refractivity contribution in [2.75, 3.05) is 6.54 Å². The van der Waals surface area contributed by atoms with Crippen molar-refractivity contribution in [3.05, 3.63) is 53.6 Å². The molecule has 0 radical (unpaired) electrons. The molecule has 2 aromatic rings. The van der Waals surface area contributed by atoms with Gasteiger partial charge in [0, 0.05) is 32.5 Å². The molecule has 6 nitrogen and oxygen atoms in total. The largest absolute Gasteiger partial charge is 0.390 e. The summed E-state index contributed by atoms with van der Waals surface area (Å²) in [6.07, 6.45) is 5.91. The average molecular weight is 344 g/mol. The number of oxime groups is 1. The van der Waals surface area contributed by atoms with E-state index in [0.29, 0.717) is 32.2 Å². The van der Waals surface area contributed by atoms with Crippen LogP contribution in [0.1, 0.15) is 24.0 Å². The van der Waals surface area contributed by atoms with E-state index in [2.05, 4.69) is 15.6 Å². The van der Waals surface area contributed by atoms with E-state index in [1.54, 1.807) is 23.0 Å². The van der Waals surface area contributed by atoms with E-state index >= 15 is 0 Å². The van der Waals surface area contributed by atoms with Gasteiger partial charge < -0.3 is 10.2 Å². The van der Waals surface area contributed by atoms with Crippen molar-refractivity contribution in [3.8, 4) is 0 Å². The first-order valence-electron chi connectivity index (χ1n) is 8.29. The van der Waals surface area contributed by atoms with Crippen LogP contribution < -0.4 is 5.32 Å². The lowest BCUT2D eigenvalue weighted by Crippen LogP contribution is -2.32. The van der Waals surface area contributed by atoms with E-state index in [9.17, 15) is 9.18 Å². The Balaban J connectivity index is 1.36. The van der Waals surface area contributed by atoms with Gasteiger partial charge in [-0.25, -0.2) is 4.39 Å². The molecular weight excluding hydrogens is 323 g/mol. The Morgan fingerprint density at radius 1 is 1.36 bits per heavy atom. The molecular formula is C18H21FN4O2. The molecule has 0 aliphatic carbocycles. The van der Waals surface area contributed by atoms with Crippen molar-refractivity contribution < 1.29 is 14.0 Å². The van der Waals surface area contributed by atoms with Crippen LogP contribution in [0, 0.1) is 5.82 Å². The first-order valence-corrected chi connectivity index (χ1v) is 8.29. The topological polar surface area (TPSA) is 68.5 Å². The molecule has 7 heteroatoms. The zero-order valence-corrected chi connectivity index (χ0v) is 14.1. The summed E-state index contributed by atoms with van der Waals surface area (Å²) in [5.41, 5.74) is 2.94. The normalized spacial score (nSPS) is 16.4. The van der Waals surface area contributed by atoms with Gasteiger partial charge >= 0.3 is 0 Å². The highest BCUT2D eigenvalue weighted by Gasteiger charge is 2.21. The Bertz CT molecular complexity index is 755. The predicted octanol–water partition coefficient (Wildman–Crippen LogP) is 2.00. The fourth-order valence-electron chi connectivity index (χ4n) is 2.71. The summed E-state index contributed by atoms with van der Waals surface area (Å²) in [4.78, 5) is 17.3. The predicted molar refractivity (Wildman–Crippen MR) is 91.6 cm³/mol. The van der Waals surface area contributed by atoms with Crippen LogP contribution in [-0.4, -0.2) is 34.0 Å². The highest BCUT2D eigenvalue weighted by molar-refractivity contribution is 5.87. The molecule has 0 fully saturated rings. The number of benzene rings is 1. The minimum Gasteiger partial charge on any atom is -0.390 e. The first kappa shape index (κ1) is 17.1.